The first kappa shape index (κ1) is 19.1. The standard InChI is InChI=1S/C20H26F3NO2/c1-18(2,3)26-17(25)24-12-8-15(9-13-24)19(10-11-19)14-4-6-16(7-5-14)20(21,22)23/h4-7,15H,8-13H2,1-3H3. The molecule has 1 saturated carbocycles. The minimum absolute atomic E-state index is 0.00977. The fourth-order valence-corrected chi connectivity index (χ4v) is 4.00. The molecule has 1 heterocycles. The van der Waals surface area contributed by atoms with Crippen molar-refractivity contribution in [2.45, 2.75) is 63.6 Å². The highest BCUT2D eigenvalue weighted by Crippen LogP contribution is 2.57. The van der Waals surface area contributed by atoms with Crippen LogP contribution in [0, 0.1) is 5.92 Å². The smallest absolute Gasteiger partial charge is 0.416 e. The Hall–Kier alpha value is -1.72. The molecule has 1 aromatic rings. The fraction of sp³-hybridized carbons (Fsp3) is 0.650. The van der Waals surface area contributed by atoms with Crippen LogP contribution < -0.4 is 0 Å². The number of alkyl halides is 3. The molecule has 1 aliphatic carbocycles. The second kappa shape index (κ2) is 6.46. The van der Waals surface area contributed by atoms with E-state index in [2.05, 4.69) is 0 Å². The molecule has 0 bridgehead atoms. The highest BCUT2D eigenvalue weighted by Gasteiger charge is 2.51. The third kappa shape index (κ3) is 3.99. The van der Waals surface area contributed by atoms with Crippen molar-refractivity contribution < 1.29 is 22.7 Å². The first-order chi connectivity index (χ1) is 12.0. The SMILES string of the molecule is CC(C)(C)OC(=O)N1CCC(C2(c3ccc(C(F)(F)F)cc3)CC2)CC1. The van der Waals surface area contributed by atoms with Gasteiger partial charge in [0.15, 0.2) is 0 Å². The van der Waals surface area contributed by atoms with Crippen molar-refractivity contribution in [1.82, 2.24) is 4.90 Å². The van der Waals surface area contributed by atoms with Gasteiger partial charge in [-0.15, -0.1) is 0 Å². The van der Waals surface area contributed by atoms with Crippen LogP contribution in [0.5, 0.6) is 0 Å². The maximum Gasteiger partial charge on any atom is 0.416 e. The molecule has 0 atom stereocenters. The summed E-state index contributed by atoms with van der Waals surface area (Å²) in [5.41, 5.74) is -0.117. The molecule has 26 heavy (non-hydrogen) atoms. The number of carbonyl (C=O) groups is 1. The van der Waals surface area contributed by atoms with Gasteiger partial charge in [-0.3, -0.25) is 0 Å². The zero-order valence-electron chi connectivity index (χ0n) is 15.5. The molecule has 0 unspecified atom stereocenters. The summed E-state index contributed by atoms with van der Waals surface area (Å²) in [6, 6.07) is 5.64. The second-order valence-corrected chi connectivity index (χ2v) is 8.47. The molecule has 144 valence electrons. The Bertz CT molecular complexity index is 649. The van der Waals surface area contributed by atoms with E-state index >= 15 is 0 Å². The minimum atomic E-state index is -4.30. The van der Waals surface area contributed by atoms with Crippen molar-refractivity contribution >= 4 is 6.09 Å². The topological polar surface area (TPSA) is 29.5 Å². The number of rotatable bonds is 2. The van der Waals surface area contributed by atoms with Gasteiger partial charge in [0, 0.05) is 13.1 Å². The van der Waals surface area contributed by atoms with Gasteiger partial charge in [-0.25, -0.2) is 4.79 Å². The Morgan fingerprint density at radius 1 is 1.08 bits per heavy atom. The molecule has 6 heteroatoms. The molecule has 1 aliphatic heterocycles. The molecule has 0 radical (unpaired) electrons. The third-order valence-corrected chi connectivity index (χ3v) is 5.50. The number of benzene rings is 1. The molecule has 0 spiro atoms. The quantitative estimate of drug-likeness (QED) is 0.700. The molecule has 3 nitrogen and oxygen atoms in total. The predicted octanol–water partition coefficient (Wildman–Crippen LogP) is 5.38. The average molecular weight is 369 g/mol. The van der Waals surface area contributed by atoms with E-state index in [1.54, 1.807) is 17.0 Å². The lowest BCUT2D eigenvalue weighted by Crippen LogP contribution is -2.43. The predicted molar refractivity (Wildman–Crippen MR) is 92.9 cm³/mol. The number of amides is 1. The summed E-state index contributed by atoms with van der Waals surface area (Å²) in [4.78, 5) is 13.9. The van der Waals surface area contributed by atoms with Crippen molar-refractivity contribution in [2.75, 3.05) is 13.1 Å². The molecule has 0 aromatic heterocycles. The monoisotopic (exact) mass is 369 g/mol. The molecule has 1 amide bonds. The van der Waals surface area contributed by atoms with Crippen molar-refractivity contribution in [3.63, 3.8) is 0 Å². The Balaban J connectivity index is 1.63. The maximum absolute atomic E-state index is 12.8. The number of hydrogen-bond acceptors (Lipinski definition) is 2. The van der Waals surface area contributed by atoms with Crippen molar-refractivity contribution in [2.24, 2.45) is 5.92 Å². The third-order valence-electron chi connectivity index (χ3n) is 5.50. The van der Waals surface area contributed by atoms with Gasteiger partial charge in [-0.05, 0) is 75.5 Å². The molecular formula is C20H26F3NO2. The first-order valence-corrected chi connectivity index (χ1v) is 9.17. The summed E-state index contributed by atoms with van der Waals surface area (Å²) >= 11 is 0. The maximum atomic E-state index is 12.8. The van der Waals surface area contributed by atoms with Crippen LogP contribution in [0.25, 0.3) is 0 Å². The molecule has 2 fully saturated rings. The Morgan fingerprint density at radius 3 is 2.04 bits per heavy atom. The van der Waals surface area contributed by atoms with E-state index in [1.165, 1.54) is 12.1 Å². The summed E-state index contributed by atoms with van der Waals surface area (Å²) < 4.78 is 43.7. The zero-order valence-corrected chi connectivity index (χ0v) is 15.5. The number of nitrogens with zero attached hydrogens (tertiary/aromatic N) is 1. The largest absolute Gasteiger partial charge is 0.444 e. The van der Waals surface area contributed by atoms with E-state index in [0.717, 1.165) is 31.2 Å². The lowest BCUT2D eigenvalue weighted by atomic mass is 9.77. The van der Waals surface area contributed by atoms with E-state index < -0.39 is 17.3 Å². The van der Waals surface area contributed by atoms with E-state index in [1.807, 2.05) is 20.8 Å². The van der Waals surface area contributed by atoms with Crippen LogP contribution in [0.3, 0.4) is 0 Å². The molecule has 1 aromatic carbocycles. The number of halogens is 3. The highest BCUT2D eigenvalue weighted by molar-refractivity contribution is 5.68. The van der Waals surface area contributed by atoms with Crippen LogP contribution in [0.4, 0.5) is 18.0 Å². The van der Waals surface area contributed by atoms with Gasteiger partial charge in [0.2, 0.25) is 0 Å². The molecule has 3 rings (SSSR count). The fourth-order valence-electron chi connectivity index (χ4n) is 4.00. The second-order valence-electron chi connectivity index (χ2n) is 8.47. The van der Waals surface area contributed by atoms with Crippen LogP contribution in [0.1, 0.15) is 57.6 Å². The molecule has 2 aliphatic rings. The van der Waals surface area contributed by atoms with Crippen LogP contribution in [-0.2, 0) is 16.3 Å². The Labute approximate surface area is 152 Å². The number of piperidine rings is 1. The average Bonchev–Trinajstić information content (AvgIpc) is 3.34. The highest BCUT2D eigenvalue weighted by atomic mass is 19.4. The Morgan fingerprint density at radius 2 is 1.62 bits per heavy atom. The number of ether oxygens (including phenoxy) is 1. The van der Waals surface area contributed by atoms with Crippen molar-refractivity contribution in [3.05, 3.63) is 35.4 Å². The van der Waals surface area contributed by atoms with Gasteiger partial charge in [-0.2, -0.15) is 13.2 Å². The van der Waals surface area contributed by atoms with E-state index in [-0.39, 0.29) is 11.5 Å². The van der Waals surface area contributed by atoms with Crippen LogP contribution in [0.15, 0.2) is 24.3 Å². The number of carbonyl (C=O) groups excluding carboxylic acids is 1. The van der Waals surface area contributed by atoms with Gasteiger partial charge in [0.25, 0.3) is 0 Å². The lowest BCUT2D eigenvalue weighted by Gasteiger charge is -2.37. The zero-order chi connectivity index (χ0) is 19.2. The van der Waals surface area contributed by atoms with Crippen LogP contribution in [-0.4, -0.2) is 29.7 Å². The van der Waals surface area contributed by atoms with E-state index in [9.17, 15) is 18.0 Å². The van der Waals surface area contributed by atoms with Crippen LogP contribution in [0.2, 0.25) is 0 Å². The lowest BCUT2D eigenvalue weighted by molar-refractivity contribution is -0.137. The number of likely N-dealkylation sites (tertiary alicyclic amines) is 1. The van der Waals surface area contributed by atoms with Gasteiger partial charge in [-0.1, -0.05) is 12.1 Å². The first-order valence-electron chi connectivity index (χ1n) is 9.17. The van der Waals surface area contributed by atoms with Gasteiger partial charge in [0.05, 0.1) is 5.56 Å². The summed E-state index contributed by atoms with van der Waals surface area (Å²) in [5.74, 6) is 0.401. The molecule has 1 saturated heterocycles. The summed E-state index contributed by atoms with van der Waals surface area (Å²) in [6.45, 7) is 6.83. The number of hydrogen-bond donors (Lipinski definition) is 0. The summed E-state index contributed by atoms with van der Waals surface area (Å²) in [5, 5.41) is 0. The molecular weight excluding hydrogens is 343 g/mol. The van der Waals surface area contributed by atoms with E-state index in [4.69, 9.17) is 4.74 Å². The van der Waals surface area contributed by atoms with E-state index in [0.29, 0.717) is 19.0 Å². The van der Waals surface area contributed by atoms with Crippen molar-refractivity contribution in [1.29, 1.82) is 0 Å². The van der Waals surface area contributed by atoms with Gasteiger partial charge < -0.3 is 9.64 Å². The van der Waals surface area contributed by atoms with Gasteiger partial charge in [0.1, 0.15) is 5.60 Å². The van der Waals surface area contributed by atoms with Crippen molar-refractivity contribution in [3.8, 4) is 0 Å². The molecule has 0 N–H and O–H groups in total. The van der Waals surface area contributed by atoms with Gasteiger partial charge >= 0.3 is 12.3 Å². The van der Waals surface area contributed by atoms with Crippen LogP contribution >= 0.6 is 0 Å². The normalized spacial score (nSPS) is 20.8. The summed E-state index contributed by atoms with van der Waals surface area (Å²) in [6.07, 6.45) is -0.838. The Kier molecular flexibility index (Phi) is 4.74. The summed E-state index contributed by atoms with van der Waals surface area (Å²) in [7, 11) is 0. The minimum Gasteiger partial charge on any atom is -0.444 e.